The van der Waals surface area contributed by atoms with Crippen LogP contribution < -0.4 is 10.5 Å². The van der Waals surface area contributed by atoms with Gasteiger partial charge in [-0.1, -0.05) is 29.8 Å². The van der Waals surface area contributed by atoms with E-state index in [0.717, 1.165) is 30.6 Å². The normalized spacial score (nSPS) is 12.2. The number of sulfonamides is 1. The van der Waals surface area contributed by atoms with Crippen molar-refractivity contribution in [3.63, 3.8) is 0 Å². The number of amides is 1. The molecule has 0 unspecified atom stereocenters. The fraction of sp³-hybridized carbons (Fsp3) is 0.158. The highest BCUT2D eigenvalue weighted by Crippen LogP contribution is 2.36. The molecule has 0 saturated heterocycles. The summed E-state index contributed by atoms with van der Waals surface area (Å²) in [4.78, 5) is 11.9. The molecule has 0 saturated carbocycles. The maximum absolute atomic E-state index is 13.0. The Morgan fingerprint density at radius 3 is 2.48 bits per heavy atom. The molecule has 0 radical (unpaired) electrons. The molecule has 33 heavy (non-hydrogen) atoms. The van der Waals surface area contributed by atoms with Gasteiger partial charge in [-0.2, -0.15) is 27.1 Å². The Kier molecular flexibility index (Phi) is 6.77. The summed E-state index contributed by atoms with van der Waals surface area (Å²) in [5.74, 6) is -0.783. The maximum Gasteiger partial charge on any atom is 0.417 e. The molecule has 0 aliphatic rings. The van der Waals surface area contributed by atoms with Crippen molar-refractivity contribution in [2.75, 3.05) is 5.32 Å². The summed E-state index contributed by atoms with van der Waals surface area (Å²) < 4.78 is 88.9. The van der Waals surface area contributed by atoms with Gasteiger partial charge in [0.25, 0.3) is 0 Å². The molecule has 1 amide bonds. The van der Waals surface area contributed by atoms with Gasteiger partial charge in [0.05, 0.1) is 28.1 Å². The number of halogens is 6. The van der Waals surface area contributed by atoms with E-state index < -0.39 is 50.6 Å². The molecule has 0 atom stereocenters. The van der Waals surface area contributed by atoms with E-state index in [2.05, 4.69) is 10.4 Å². The third kappa shape index (κ3) is 5.67. The molecule has 2 aromatic carbocycles. The summed E-state index contributed by atoms with van der Waals surface area (Å²) in [6.07, 6.45) is -3.30. The van der Waals surface area contributed by atoms with E-state index in [1.54, 1.807) is 0 Å². The lowest BCUT2D eigenvalue weighted by atomic mass is 10.1. The number of nitrogens with two attached hydrogens (primary N) is 1. The summed E-state index contributed by atoms with van der Waals surface area (Å²) >= 11 is 5.78. The molecule has 3 rings (SSSR count). The van der Waals surface area contributed by atoms with Gasteiger partial charge in [-0.25, -0.2) is 18.2 Å². The van der Waals surface area contributed by atoms with Crippen molar-refractivity contribution in [1.82, 2.24) is 9.78 Å². The molecule has 0 aliphatic heterocycles. The minimum atomic E-state index is -4.71. The molecule has 3 aromatic rings. The van der Waals surface area contributed by atoms with Crippen molar-refractivity contribution in [2.45, 2.75) is 24.0 Å². The van der Waals surface area contributed by atoms with Crippen molar-refractivity contribution in [1.29, 1.82) is 0 Å². The van der Waals surface area contributed by atoms with Crippen molar-refractivity contribution >= 4 is 33.2 Å². The standard InChI is InChI=1S/C19H14ClF5N4O3S/c20-17-10(2-1-3-14(17)19(23,24)25)6-16(30)28-12-4-5-13(15(7-12)33(26,31)32)11-8-27-29(9-11)18(21)22/h1-5,7-9,18H,6H2,(H,28,30)(H2,26,31,32). The van der Waals surface area contributed by atoms with Gasteiger partial charge in [0.2, 0.25) is 15.9 Å². The molecular weight excluding hydrogens is 495 g/mol. The topological polar surface area (TPSA) is 107 Å². The van der Waals surface area contributed by atoms with Crippen LogP contribution in [0.5, 0.6) is 0 Å². The zero-order chi connectivity index (χ0) is 24.6. The quantitative estimate of drug-likeness (QED) is 0.480. The van der Waals surface area contributed by atoms with Crippen LogP contribution in [0.2, 0.25) is 5.02 Å². The predicted molar refractivity (Wildman–Crippen MR) is 109 cm³/mol. The fourth-order valence-corrected chi connectivity index (χ4v) is 4.05. The SMILES string of the molecule is NS(=O)(=O)c1cc(NC(=O)Cc2cccc(C(F)(F)F)c2Cl)ccc1-c1cnn(C(F)F)c1. The number of primary sulfonamides is 1. The van der Waals surface area contributed by atoms with Crippen LogP contribution in [0.1, 0.15) is 17.7 Å². The van der Waals surface area contributed by atoms with Gasteiger partial charge in [-0.15, -0.1) is 0 Å². The Bertz CT molecular complexity index is 1310. The van der Waals surface area contributed by atoms with Crippen molar-refractivity contribution in [2.24, 2.45) is 5.14 Å². The number of rotatable bonds is 6. The number of anilines is 1. The number of nitrogens with one attached hydrogen (secondary N) is 1. The number of aromatic nitrogens is 2. The monoisotopic (exact) mass is 508 g/mol. The van der Waals surface area contributed by atoms with E-state index in [-0.39, 0.29) is 22.4 Å². The Morgan fingerprint density at radius 2 is 1.91 bits per heavy atom. The van der Waals surface area contributed by atoms with E-state index in [0.29, 0.717) is 4.68 Å². The number of carbonyl (C=O) groups excluding carboxylic acids is 1. The number of nitrogens with zero attached hydrogens (tertiary/aromatic N) is 2. The minimum absolute atomic E-state index is 0.0351. The third-order valence-electron chi connectivity index (χ3n) is 4.42. The van der Waals surface area contributed by atoms with Crippen LogP contribution in [0.15, 0.2) is 53.7 Å². The van der Waals surface area contributed by atoms with Crippen LogP contribution in [0.25, 0.3) is 11.1 Å². The number of alkyl halides is 5. The number of carbonyl (C=O) groups is 1. The lowest BCUT2D eigenvalue weighted by molar-refractivity contribution is -0.137. The summed E-state index contributed by atoms with van der Waals surface area (Å²) in [6, 6.07) is 6.61. The Balaban J connectivity index is 1.88. The zero-order valence-corrected chi connectivity index (χ0v) is 17.8. The van der Waals surface area contributed by atoms with Gasteiger partial charge in [0.15, 0.2) is 0 Å². The van der Waals surface area contributed by atoms with Gasteiger partial charge in [0.1, 0.15) is 0 Å². The summed E-state index contributed by atoms with van der Waals surface area (Å²) in [5, 5.41) is 10.4. The van der Waals surface area contributed by atoms with Crippen molar-refractivity contribution in [3.05, 3.63) is 64.9 Å². The van der Waals surface area contributed by atoms with Crippen LogP contribution in [0, 0.1) is 0 Å². The molecule has 176 valence electrons. The number of benzene rings is 2. The summed E-state index contributed by atoms with van der Waals surface area (Å²) in [7, 11) is -4.36. The fourth-order valence-electron chi connectivity index (χ4n) is 2.97. The van der Waals surface area contributed by atoms with Gasteiger partial charge >= 0.3 is 12.7 Å². The van der Waals surface area contributed by atoms with Gasteiger partial charge < -0.3 is 5.32 Å². The van der Waals surface area contributed by atoms with Crippen LogP contribution >= 0.6 is 11.6 Å². The van der Waals surface area contributed by atoms with Gasteiger partial charge in [-0.3, -0.25) is 4.79 Å². The first-order valence-electron chi connectivity index (χ1n) is 8.91. The molecule has 0 spiro atoms. The highest BCUT2D eigenvalue weighted by Gasteiger charge is 2.34. The van der Waals surface area contributed by atoms with Gasteiger partial charge in [0, 0.05) is 23.0 Å². The zero-order valence-electron chi connectivity index (χ0n) is 16.3. The van der Waals surface area contributed by atoms with Crippen molar-refractivity contribution < 1.29 is 35.2 Å². The highest BCUT2D eigenvalue weighted by atomic mass is 35.5. The molecule has 3 N–H and O–H groups in total. The largest absolute Gasteiger partial charge is 0.417 e. The molecular formula is C19H14ClF5N4O3S. The summed E-state index contributed by atoms with van der Waals surface area (Å²) in [5.41, 5.74) is -1.24. The Labute approximate surface area is 189 Å². The van der Waals surface area contributed by atoms with E-state index in [1.165, 1.54) is 18.2 Å². The van der Waals surface area contributed by atoms with Crippen LogP contribution in [-0.2, 0) is 27.4 Å². The second kappa shape index (κ2) is 9.08. The molecule has 1 heterocycles. The molecule has 7 nitrogen and oxygen atoms in total. The number of hydrogen-bond donors (Lipinski definition) is 2. The maximum atomic E-state index is 13.0. The van der Waals surface area contributed by atoms with E-state index >= 15 is 0 Å². The first-order chi connectivity index (χ1) is 15.3. The average molecular weight is 509 g/mol. The molecule has 14 heteroatoms. The van der Waals surface area contributed by atoms with E-state index in [1.807, 2.05) is 0 Å². The van der Waals surface area contributed by atoms with Crippen LogP contribution in [-0.4, -0.2) is 24.1 Å². The predicted octanol–water partition coefficient (Wildman–Crippen LogP) is 4.45. The Hall–Kier alpha value is -3.03. The second-order valence-corrected chi connectivity index (χ2v) is 8.65. The number of hydrogen-bond acceptors (Lipinski definition) is 4. The van der Waals surface area contributed by atoms with Crippen molar-refractivity contribution in [3.8, 4) is 11.1 Å². The summed E-state index contributed by atoms with van der Waals surface area (Å²) in [6.45, 7) is -2.95. The molecule has 0 aliphatic carbocycles. The smallest absolute Gasteiger partial charge is 0.326 e. The van der Waals surface area contributed by atoms with E-state index in [9.17, 15) is 35.2 Å². The average Bonchev–Trinajstić information content (AvgIpc) is 3.18. The lowest BCUT2D eigenvalue weighted by Gasteiger charge is -2.13. The first-order valence-corrected chi connectivity index (χ1v) is 10.8. The van der Waals surface area contributed by atoms with E-state index in [4.69, 9.17) is 16.7 Å². The minimum Gasteiger partial charge on any atom is -0.326 e. The van der Waals surface area contributed by atoms with Crippen LogP contribution in [0.3, 0.4) is 0 Å². The highest BCUT2D eigenvalue weighted by molar-refractivity contribution is 7.89. The molecule has 1 aromatic heterocycles. The van der Waals surface area contributed by atoms with Crippen LogP contribution in [0.4, 0.5) is 27.6 Å². The second-order valence-electron chi connectivity index (χ2n) is 6.74. The third-order valence-corrected chi connectivity index (χ3v) is 5.82. The molecule has 0 bridgehead atoms. The Morgan fingerprint density at radius 1 is 1.21 bits per heavy atom. The molecule has 0 fully saturated rings. The lowest BCUT2D eigenvalue weighted by Crippen LogP contribution is -2.17. The first kappa shape index (κ1) is 24.6. The van der Waals surface area contributed by atoms with Gasteiger partial charge in [-0.05, 0) is 23.8 Å².